The number of nitrogens with one attached hydrogen (secondary N) is 2. The highest BCUT2D eigenvalue weighted by Gasteiger charge is 2.47. The van der Waals surface area contributed by atoms with Crippen LogP contribution in [0.5, 0.6) is 0 Å². The van der Waals surface area contributed by atoms with E-state index < -0.39 is 10.0 Å². The number of piperidine rings is 2. The molecule has 1 aromatic rings. The zero-order chi connectivity index (χ0) is 21.4. The lowest BCUT2D eigenvalue weighted by atomic mass is 9.99. The van der Waals surface area contributed by atoms with Gasteiger partial charge < -0.3 is 19.9 Å². The highest BCUT2D eigenvalue weighted by atomic mass is 32.2. The molecule has 4 aliphatic rings. The Morgan fingerprint density at radius 2 is 1.90 bits per heavy atom. The molecule has 0 radical (unpaired) electrons. The highest BCUT2D eigenvalue weighted by molar-refractivity contribution is 7.89. The van der Waals surface area contributed by atoms with Crippen LogP contribution < -0.4 is 10.6 Å². The third-order valence-corrected chi connectivity index (χ3v) is 9.45. The largest absolute Gasteiger partial charge is 0.381 e. The fourth-order valence-electron chi connectivity index (χ4n) is 5.75. The van der Waals surface area contributed by atoms with E-state index >= 15 is 0 Å². The highest BCUT2D eigenvalue weighted by Crippen LogP contribution is 2.39. The first-order chi connectivity index (χ1) is 15.0. The second kappa shape index (κ2) is 8.80. The quantitative estimate of drug-likeness (QED) is 0.667. The average Bonchev–Trinajstić information content (AvgIpc) is 3.48. The average molecular weight is 453 g/mol. The number of ether oxygens (including phenoxy) is 1. The van der Waals surface area contributed by atoms with Gasteiger partial charge in [0, 0.05) is 36.7 Å². The van der Waals surface area contributed by atoms with Crippen LogP contribution in [0.2, 0.25) is 0 Å². The first-order valence-corrected chi connectivity index (χ1v) is 13.2. The topological polar surface area (TPSA) is 114 Å². The van der Waals surface area contributed by atoms with Crippen molar-refractivity contribution in [2.75, 3.05) is 32.1 Å². The predicted molar refractivity (Wildman–Crippen MR) is 113 cm³/mol. The van der Waals surface area contributed by atoms with Gasteiger partial charge in [0.15, 0.2) is 5.69 Å². The van der Waals surface area contributed by atoms with E-state index in [9.17, 15) is 13.2 Å². The van der Waals surface area contributed by atoms with Gasteiger partial charge in [-0.25, -0.2) is 8.42 Å². The fourth-order valence-corrected chi connectivity index (χ4v) is 8.14. The number of hydrogen-bond donors (Lipinski definition) is 2. The summed E-state index contributed by atoms with van der Waals surface area (Å²) in [4.78, 5) is 12.7. The minimum atomic E-state index is -3.28. The number of aromatic nitrogens is 1. The lowest BCUT2D eigenvalue weighted by Crippen LogP contribution is -2.53. The molecule has 0 spiro atoms. The summed E-state index contributed by atoms with van der Waals surface area (Å²) in [5, 5.41) is 10.3. The Morgan fingerprint density at radius 3 is 2.58 bits per heavy atom. The molecule has 31 heavy (non-hydrogen) atoms. The van der Waals surface area contributed by atoms with Crippen molar-refractivity contribution in [3.63, 3.8) is 0 Å². The SMILES string of the molecule is O=C(NC1CC2CCC(C1)N2S(=O)(=O)CC1CCNCC1)c1cc(C2CCOC2)on1. The van der Waals surface area contributed by atoms with Gasteiger partial charge in [-0.15, -0.1) is 0 Å². The monoisotopic (exact) mass is 452 g/mol. The number of rotatable bonds is 6. The molecule has 4 fully saturated rings. The maximum absolute atomic E-state index is 13.2. The summed E-state index contributed by atoms with van der Waals surface area (Å²) in [6, 6.07) is 1.64. The van der Waals surface area contributed by atoms with E-state index in [4.69, 9.17) is 9.26 Å². The summed E-state index contributed by atoms with van der Waals surface area (Å²) < 4.78 is 38.9. The number of sulfonamides is 1. The molecular weight excluding hydrogens is 420 g/mol. The standard InChI is InChI=1S/C21H32N4O5S/c26-21(19-11-20(30-24-19)15-5-8-29-12-15)23-16-9-17-1-2-18(10-16)25(17)31(27,28)13-14-3-6-22-7-4-14/h11,14-18,22H,1-10,12-13H2,(H,23,26). The van der Waals surface area contributed by atoms with Crippen LogP contribution in [0, 0.1) is 5.92 Å². The van der Waals surface area contributed by atoms with Gasteiger partial charge in [0.1, 0.15) is 5.76 Å². The third kappa shape index (κ3) is 4.53. The van der Waals surface area contributed by atoms with Gasteiger partial charge in [0.25, 0.3) is 5.91 Å². The molecule has 9 nitrogen and oxygen atoms in total. The van der Waals surface area contributed by atoms with Crippen molar-refractivity contribution >= 4 is 15.9 Å². The Labute approximate surface area is 183 Å². The van der Waals surface area contributed by atoms with Crippen LogP contribution in [0.25, 0.3) is 0 Å². The Bertz CT molecular complexity index is 877. The lowest BCUT2D eigenvalue weighted by Gasteiger charge is -2.39. The van der Waals surface area contributed by atoms with Crippen molar-refractivity contribution in [3.05, 3.63) is 17.5 Å². The second-order valence-electron chi connectivity index (χ2n) is 9.50. The number of amides is 1. The van der Waals surface area contributed by atoms with Gasteiger partial charge in [0.05, 0.1) is 12.4 Å². The maximum atomic E-state index is 13.2. The third-order valence-electron chi connectivity index (χ3n) is 7.32. The van der Waals surface area contributed by atoms with Crippen LogP contribution in [0.3, 0.4) is 0 Å². The number of nitrogens with zero attached hydrogens (tertiary/aromatic N) is 2. The Balaban J connectivity index is 1.19. The summed E-state index contributed by atoms with van der Waals surface area (Å²) in [6.07, 6.45) is 5.80. The fraction of sp³-hybridized carbons (Fsp3) is 0.810. The summed E-state index contributed by atoms with van der Waals surface area (Å²) in [5.74, 6) is 1.12. The van der Waals surface area contributed by atoms with E-state index in [0.717, 1.165) is 45.2 Å². The van der Waals surface area contributed by atoms with Crippen molar-refractivity contribution in [3.8, 4) is 0 Å². The molecule has 3 atom stereocenters. The Kier molecular flexibility index (Phi) is 6.07. The molecule has 2 N–H and O–H groups in total. The zero-order valence-corrected chi connectivity index (χ0v) is 18.6. The van der Waals surface area contributed by atoms with E-state index in [1.165, 1.54) is 0 Å². The van der Waals surface area contributed by atoms with Gasteiger partial charge in [0.2, 0.25) is 10.0 Å². The predicted octanol–water partition coefficient (Wildman–Crippen LogP) is 1.23. The Hall–Kier alpha value is -1.49. The number of carbonyl (C=O) groups is 1. The van der Waals surface area contributed by atoms with Crippen molar-refractivity contribution in [2.45, 2.75) is 69.0 Å². The van der Waals surface area contributed by atoms with Crippen LogP contribution in [0.1, 0.15) is 67.1 Å². The number of fused-ring (bicyclic) bond motifs is 2. The minimum absolute atomic E-state index is 0.0146. The molecule has 5 heterocycles. The maximum Gasteiger partial charge on any atom is 0.273 e. The molecule has 1 amide bonds. The molecule has 4 saturated heterocycles. The summed E-state index contributed by atoms with van der Waals surface area (Å²) in [6.45, 7) is 3.11. The molecule has 172 valence electrons. The molecule has 4 aliphatic heterocycles. The van der Waals surface area contributed by atoms with Crippen molar-refractivity contribution in [1.29, 1.82) is 0 Å². The van der Waals surface area contributed by atoms with Gasteiger partial charge in [-0.1, -0.05) is 5.16 Å². The molecule has 0 aromatic carbocycles. The first kappa shape index (κ1) is 21.4. The van der Waals surface area contributed by atoms with Crippen LogP contribution >= 0.6 is 0 Å². The van der Waals surface area contributed by atoms with Crippen molar-refractivity contribution in [2.24, 2.45) is 5.92 Å². The molecule has 3 unspecified atom stereocenters. The van der Waals surface area contributed by atoms with E-state index in [1.54, 1.807) is 10.4 Å². The molecule has 10 heteroatoms. The van der Waals surface area contributed by atoms with Crippen molar-refractivity contribution in [1.82, 2.24) is 20.1 Å². The zero-order valence-electron chi connectivity index (χ0n) is 17.8. The summed E-state index contributed by atoms with van der Waals surface area (Å²) >= 11 is 0. The minimum Gasteiger partial charge on any atom is -0.381 e. The van der Waals surface area contributed by atoms with E-state index in [1.807, 2.05) is 0 Å². The van der Waals surface area contributed by atoms with Crippen LogP contribution in [0.15, 0.2) is 10.6 Å². The molecule has 1 aromatic heterocycles. The molecule has 0 saturated carbocycles. The molecule has 2 bridgehead atoms. The molecule has 0 aliphatic carbocycles. The van der Waals surface area contributed by atoms with Gasteiger partial charge in [-0.3, -0.25) is 4.79 Å². The smallest absolute Gasteiger partial charge is 0.273 e. The van der Waals surface area contributed by atoms with Gasteiger partial charge in [-0.05, 0) is 64.0 Å². The van der Waals surface area contributed by atoms with Crippen LogP contribution in [-0.2, 0) is 14.8 Å². The number of hydrogen-bond acceptors (Lipinski definition) is 7. The first-order valence-electron chi connectivity index (χ1n) is 11.6. The molecule has 5 rings (SSSR count). The van der Waals surface area contributed by atoms with E-state index in [-0.39, 0.29) is 47.3 Å². The number of carbonyl (C=O) groups excluding carboxylic acids is 1. The summed E-state index contributed by atoms with van der Waals surface area (Å²) in [5.41, 5.74) is 0.287. The molecular formula is C21H32N4O5S. The Morgan fingerprint density at radius 1 is 1.16 bits per heavy atom. The van der Waals surface area contributed by atoms with E-state index in [2.05, 4.69) is 15.8 Å². The van der Waals surface area contributed by atoms with Gasteiger partial charge in [-0.2, -0.15) is 4.31 Å². The summed E-state index contributed by atoms with van der Waals surface area (Å²) in [7, 11) is -3.28. The van der Waals surface area contributed by atoms with Crippen LogP contribution in [-0.4, -0.2) is 74.0 Å². The second-order valence-corrected chi connectivity index (χ2v) is 11.4. The normalized spacial score (nSPS) is 32.4. The van der Waals surface area contributed by atoms with Gasteiger partial charge >= 0.3 is 0 Å². The van der Waals surface area contributed by atoms with Crippen molar-refractivity contribution < 1.29 is 22.5 Å². The van der Waals surface area contributed by atoms with Crippen LogP contribution in [0.4, 0.5) is 0 Å². The lowest BCUT2D eigenvalue weighted by molar-refractivity contribution is 0.0900. The van der Waals surface area contributed by atoms with E-state index in [0.29, 0.717) is 31.8 Å².